The van der Waals surface area contributed by atoms with Gasteiger partial charge < -0.3 is 23.8 Å². The number of nitrogens with zero attached hydrogens (tertiary/aromatic N) is 1. The molecule has 1 aliphatic rings. The number of hydrogen-bond acceptors (Lipinski definition) is 6. The Morgan fingerprint density at radius 3 is 2.75 bits per heavy atom. The van der Waals surface area contributed by atoms with Crippen LogP contribution in [0.25, 0.3) is 0 Å². The van der Waals surface area contributed by atoms with Crippen molar-refractivity contribution in [2.45, 2.75) is 6.92 Å². The molecule has 0 bridgehead atoms. The van der Waals surface area contributed by atoms with Gasteiger partial charge in [0, 0.05) is 19.2 Å². The molecule has 8 heteroatoms. The van der Waals surface area contributed by atoms with Gasteiger partial charge in [-0.2, -0.15) is 0 Å². The number of carbonyl (C=O) groups excluding carboxylic acids is 2. The molecule has 1 aromatic carbocycles. The molecule has 1 aliphatic heterocycles. The van der Waals surface area contributed by atoms with Crippen LogP contribution in [0.3, 0.4) is 0 Å². The van der Waals surface area contributed by atoms with Gasteiger partial charge in [-0.3, -0.25) is 9.59 Å². The highest BCUT2D eigenvalue weighted by molar-refractivity contribution is 6.32. The van der Waals surface area contributed by atoms with Crippen LogP contribution in [0.4, 0.5) is 0 Å². The van der Waals surface area contributed by atoms with Gasteiger partial charge >= 0.3 is 5.97 Å². The lowest BCUT2D eigenvalue weighted by atomic mass is 10.1. The van der Waals surface area contributed by atoms with Gasteiger partial charge in [0.25, 0.3) is 5.91 Å². The second kappa shape index (κ2) is 8.75. The van der Waals surface area contributed by atoms with Crippen molar-refractivity contribution in [3.05, 3.63) is 22.7 Å². The third-order valence-electron chi connectivity index (χ3n) is 3.32. The fraction of sp³-hybridized carbons (Fsp3) is 0.500. The number of halogens is 1. The molecule has 0 fully saturated rings. The maximum absolute atomic E-state index is 12.7. The van der Waals surface area contributed by atoms with Crippen LogP contribution in [-0.4, -0.2) is 63.4 Å². The van der Waals surface area contributed by atoms with E-state index >= 15 is 0 Å². The molecule has 2 rings (SSSR count). The molecule has 0 N–H and O–H groups in total. The molecule has 0 spiro atoms. The summed E-state index contributed by atoms with van der Waals surface area (Å²) in [5, 5.41) is 0.290. The van der Waals surface area contributed by atoms with E-state index in [4.69, 9.17) is 30.5 Å². The summed E-state index contributed by atoms with van der Waals surface area (Å²) in [6, 6.07) is 3.07. The third-order valence-corrected chi connectivity index (χ3v) is 3.60. The van der Waals surface area contributed by atoms with E-state index in [1.54, 1.807) is 13.0 Å². The van der Waals surface area contributed by atoms with Gasteiger partial charge in [-0.25, -0.2) is 0 Å². The van der Waals surface area contributed by atoms with Gasteiger partial charge in [-0.1, -0.05) is 11.6 Å². The lowest BCUT2D eigenvalue weighted by molar-refractivity contribution is -0.143. The van der Waals surface area contributed by atoms with E-state index in [0.717, 1.165) is 0 Å². The van der Waals surface area contributed by atoms with Crippen LogP contribution in [0.1, 0.15) is 17.3 Å². The van der Waals surface area contributed by atoms with E-state index in [2.05, 4.69) is 0 Å². The van der Waals surface area contributed by atoms with Crippen molar-refractivity contribution in [1.29, 1.82) is 0 Å². The molecule has 132 valence electrons. The molecule has 0 aliphatic carbocycles. The highest BCUT2D eigenvalue weighted by atomic mass is 35.5. The molecular formula is C16H20ClNO6. The highest BCUT2D eigenvalue weighted by Gasteiger charge is 2.24. The van der Waals surface area contributed by atoms with E-state index in [1.807, 2.05) is 0 Å². The van der Waals surface area contributed by atoms with Crippen LogP contribution < -0.4 is 9.47 Å². The molecule has 0 unspecified atom stereocenters. The quantitative estimate of drug-likeness (QED) is 0.692. The lowest BCUT2D eigenvalue weighted by Gasteiger charge is -2.24. The Hall–Kier alpha value is -1.99. The van der Waals surface area contributed by atoms with E-state index < -0.39 is 5.97 Å². The van der Waals surface area contributed by atoms with E-state index in [9.17, 15) is 9.59 Å². The monoisotopic (exact) mass is 357 g/mol. The Kier molecular flexibility index (Phi) is 6.69. The van der Waals surface area contributed by atoms with E-state index in [0.29, 0.717) is 41.9 Å². The van der Waals surface area contributed by atoms with E-state index in [1.165, 1.54) is 18.1 Å². The van der Waals surface area contributed by atoms with Gasteiger partial charge in [0.2, 0.25) is 0 Å². The molecule has 0 saturated heterocycles. The van der Waals surface area contributed by atoms with Gasteiger partial charge in [0.15, 0.2) is 11.5 Å². The third kappa shape index (κ3) is 4.52. The van der Waals surface area contributed by atoms with Gasteiger partial charge in [-0.05, 0) is 19.1 Å². The number of hydrogen-bond donors (Lipinski definition) is 0. The van der Waals surface area contributed by atoms with Crippen molar-refractivity contribution in [1.82, 2.24) is 4.90 Å². The minimum atomic E-state index is -0.481. The molecular weight excluding hydrogens is 338 g/mol. The zero-order valence-electron chi connectivity index (χ0n) is 13.7. The van der Waals surface area contributed by atoms with Crippen molar-refractivity contribution < 1.29 is 28.5 Å². The van der Waals surface area contributed by atoms with E-state index in [-0.39, 0.29) is 25.6 Å². The zero-order chi connectivity index (χ0) is 17.5. The average Bonchev–Trinajstić information content (AvgIpc) is 2.58. The number of rotatable bonds is 7. The first-order valence-corrected chi connectivity index (χ1v) is 7.97. The average molecular weight is 358 g/mol. The number of amides is 1. The first-order valence-electron chi connectivity index (χ1n) is 7.59. The molecule has 0 atom stereocenters. The Morgan fingerprint density at radius 2 is 2.04 bits per heavy atom. The fourth-order valence-electron chi connectivity index (χ4n) is 2.23. The van der Waals surface area contributed by atoms with Gasteiger partial charge in [0.1, 0.15) is 19.8 Å². The maximum atomic E-state index is 12.7. The predicted molar refractivity (Wildman–Crippen MR) is 86.9 cm³/mol. The summed E-state index contributed by atoms with van der Waals surface area (Å²) in [6.45, 7) is 3.13. The molecule has 1 aromatic rings. The highest BCUT2D eigenvalue weighted by Crippen LogP contribution is 2.38. The summed E-state index contributed by atoms with van der Waals surface area (Å²) < 4.78 is 20.8. The Bertz CT molecular complexity index is 606. The topological polar surface area (TPSA) is 74.3 Å². The number of benzene rings is 1. The molecule has 0 radical (unpaired) electrons. The summed E-state index contributed by atoms with van der Waals surface area (Å²) in [7, 11) is 1.52. The molecule has 24 heavy (non-hydrogen) atoms. The molecule has 1 amide bonds. The molecule has 0 saturated carbocycles. The summed E-state index contributed by atoms with van der Waals surface area (Å²) in [5.74, 6) is -0.00204. The Morgan fingerprint density at radius 1 is 1.29 bits per heavy atom. The first-order chi connectivity index (χ1) is 11.6. The maximum Gasteiger partial charge on any atom is 0.325 e. The predicted octanol–water partition coefficient (Wildman–Crippen LogP) is 1.76. The standard InChI is InChI=1S/C16H20ClNO6/c1-3-22-14(19)10-18(4-5-21-2)16(20)11-8-12(17)15-13(9-11)23-6-7-24-15/h8-9H,3-7,10H2,1-2H3. The van der Waals surface area contributed by atoms with Crippen LogP contribution >= 0.6 is 11.6 Å². The molecule has 7 nitrogen and oxygen atoms in total. The SMILES string of the molecule is CCOC(=O)CN(CCOC)C(=O)c1cc(Cl)c2c(c1)OCCO2. The number of methoxy groups -OCH3 is 1. The molecule has 1 heterocycles. The second-order valence-corrected chi connectivity index (χ2v) is 5.41. The Balaban J connectivity index is 2.21. The summed E-state index contributed by atoms with van der Waals surface area (Å²) >= 11 is 6.16. The number of ether oxygens (including phenoxy) is 4. The van der Waals surface area contributed by atoms with Crippen LogP contribution in [-0.2, 0) is 14.3 Å². The smallest absolute Gasteiger partial charge is 0.325 e. The first kappa shape index (κ1) is 18.4. The zero-order valence-corrected chi connectivity index (χ0v) is 14.4. The van der Waals surface area contributed by atoms with Crippen LogP contribution in [0.5, 0.6) is 11.5 Å². The normalized spacial score (nSPS) is 12.6. The lowest BCUT2D eigenvalue weighted by Crippen LogP contribution is -2.38. The largest absolute Gasteiger partial charge is 0.486 e. The summed E-state index contributed by atoms with van der Waals surface area (Å²) in [5.41, 5.74) is 0.310. The fourth-order valence-corrected chi connectivity index (χ4v) is 2.50. The number of carbonyl (C=O) groups is 2. The van der Waals surface area contributed by atoms with Gasteiger partial charge in [0.05, 0.1) is 18.2 Å². The van der Waals surface area contributed by atoms with Crippen LogP contribution in [0.2, 0.25) is 5.02 Å². The van der Waals surface area contributed by atoms with Crippen molar-refractivity contribution in [2.24, 2.45) is 0 Å². The van der Waals surface area contributed by atoms with Gasteiger partial charge in [-0.15, -0.1) is 0 Å². The Labute approximate surface area is 145 Å². The second-order valence-electron chi connectivity index (χ2n) is 5.01. The van der Waals surface area contributed by atoms with Crippen LogP contribution in [0, 0.1) is 0 Å². The summed E-state index contributed by atoms with van der Waals surface area (Å²) in [4.78, 5) is 25.8. The van der Waals surface area contributed by atoms with Crippen molar-refractivity contribution in [3.63, 3.8) is 0 Å². The van der Waals surface area contributed by atoms with Crippen molar-refractivity contribution in [3.8, 4) is 11.5 Å². The van der Waals surface area contributed by atoms with Crippen LogP contribution in [0.15, 0.2) is 12.1 Å². The number of fused-ring (bicyclic) bond motifs is 1. The summed E-state index contributed by atoms with van der Waals surface area (Å²) in [6.07, 6.45) is 0. The van der Waals surface area contributed by atoms with Crippen molar-refractivity contribution >= 4 is 23.5 Å². The molecule has 0 aromatic heterocycles. The minimum Gasteiger partial charge on any atom is -0.486 e. The number of esters is 1. The van der Waals surface area contributed by atoms with Crippen molar-refractivity contribution in [2.75, 3.05) is 46.6 Å². The minimum absolute atomic E-state index is 0.165.